The molecule has 0 spiro atoms. The standard InChI is InChI=1S/C21H24N2O5/c1-4-27-18-11-6-5-10-17(18)21(26)22-13-19(24)28-15(3)20(25)23-16-9-7-8-14(2)12-16/h5-12,15H,4,13H2,1-3H3,(H,22,26)(H,23,25)/t15-/m0/s1. The molecule has 0 bridgehead atoms. The van der Waals surface area contributed by atoms with Crippen LogP contribution in [0.5, 0.6) is 5.75 Å². The molecule has 2 amide bonds. The zero-order valence-corrected chi connectivity index (χ0v) is 16.2. The van der Waals surface area contributed by atoms with Gasteiger partial charge in [-0.05, 0) is 50.6 Å². The van der Waals surface area contributed by atoms with E-state index in [4.69, 9.17) is 9.47 Å². The zero-order valence-electron chi connectivity index (χ0n) is 16.2. The number of benzene rings is 2. The number of amides is 2. The number of carbonyl (C=O) groups excluding carboxylic acids is 3. The van der Waals surface area contributed by atoms with Crippen LogP contribution in [0.15, 0.2) is 48.5 Å². The van der Waals surface area contributed by atoms with Gasteiger partial charge in [-0.15, -0.1) is 0 Å². The van der Waals surface area contributed by atoms with Gasteiger partial charge in [-0.25, -0.2) is 0 Å². The summed E-state index contributed by atoms with van der Waals surface area (Å²) in [5.74, 6) is -1.19. The van der Waals surface area contributed by atoms with Gasteiger partial charge >= 0.3 is 5.97 Å². The number of hydrogen-bond acceptors (Lipinski definition) is 5. The monoisotopic (exact) mass is 384 g/mol. The van der Waals surface area contributed by atoms with Gasteiger partial charge in [0, 0.05) is 5.69 Å². The van der Waals surface area contributed by atoms with E-state index >= 15 is 0 Å². The van der Waals surface area contributed by atoms with E-state index in [1.54, 1.807) is 30.3 Å². The van der Waals surface area contributed by atoms with Crippen molar-refractivity contribution in [3.8, 4) is 5.75 Å². The molecule has 2 aromatic rings. The topological polar surface area (TPSA) is 93.7 Å². The Kier molecular flexibility index (Phi) is 7.56. The highest BCUT2D eigenvalue weighted by atomic mass is 16.5. The average molecular weight is 384 g/mol. The van der Waals surface area contributed by atoms with E-state index in [-0.39, 0.29) is 6.54 Å². The molecule has 0 radical (unpaired) electrons. The van der Waals surface area contributed by atoms with E-state index in [2.05, 4.69) is 10.6 Å². The van der Waals surface area contributed by atoms with Crippen LogP contribution >= 0.6 is 0 Å². The summed E-state index contributed by atoms with van der Waals surface area (Å²) in [6, 6.07) is 14.0. The van der Waals surface area contributed by atoms with Gasteiger partial charge in [0.25, 0.3) is 11.8 Å². The van der Waals surface area contributed by atoms with Gasteiger partial charge in [-0.1, -0.05) is 24.3 Å². The Labute approximate surface area is 164 Å². The molecule has 7 heteroatoms. The van der Waals surface area contributed by atoms with Crippen molar-refractivity contribution in [2.75, 3.05) is 18.5 Å². The van der Waals surface area contributed by atoms with Crippen molar-refractivity contribution in [2.45, 2.75) is 26.9 Å². The van der Waals surface area contributed by atoms with Crippen LogP contribution in [0.4, 0.5) is 5.69 Å². The van der Waals surface area contributed by atoms with Gasteiger partial charge < -0.3 is 20.1 Å². The molecule has 0 unspecified atom stereocenters. The zero-order chi connectivity index (χ0) is 20.5. The molecule has 148 valence electrons. The maximum absolute atomic E-state index is 12.3. The minimum atomic E-state index is -0.999. The van der Waals surface area contributed by atoms with E-state index in [9.17, 15) is 14.4 Å². The molecule has 0 aliphatic rings. The van der Waals surface area contributed by atoms with E-state index in [0.29, 0.717) is 23.6 Å². The lowest BCUT2D eigenvalue weighted by Gasteiger charge is -2.14. The molecule has 0 fully saturated rings. The van der Waals surface area contributed by atoms with Crippen LogP contribution in [-0.2, 0) is 14.3 Å². The number of para-hydroxylation sites is 1. The van der Waals surface area contributed by atoms with Crippen LogP contribution in [0.25, 0.3) is 0 Å². The fraction of sp³-hybridized carbons (Fsp3) is 0.286. The lowest BCUT2D eigenvalue weighted by molar-refractivity contribution is -0.152. The van der Waals surface area contributed by atoms with E-state index in [0.717, 1.165) is 5.56 Å². The Morgan fingerprint density at radius 2 is 1.82 bits per heavy atom. The summed E-state index contributed by atoms with van der Waals surface area (Å²) >= 11 is 0. The summed E-state index contributed by atoms with van der Waals surface area (Å²) in [5, 5.41) is 5.15. The first-order valence-corrected chi connectivity index (χ1v) is 8.97. The highest BCUT2D eigenvalue weighted by Gasteiger charge is 2.19. The summed E-state index contributed by atoms with van der Waals surface area (Å²) in [6.45, 7) is 5.25. The third kappa shape index (κ3) is 6.12. The number of anilines is 1. The van der Waals surface area contributed by atoms with Crippen molar-refractivity contribution >= 4 is 23.5 Å². The third-order valence-corrected chi connectivity index (χ3v) is 3.79. The molecule has 0 aliphatic heterocycles. The Balaban J connectivity index is 1.84. The van der Waals surface area contributed by atoms with Crippen molar-refractivity contribution in [1.82, 2.24) is 5.32 Å². The predicted octanol–water partition coefficient (Wildman–Crippen LogP) is 2.69. The minimum absolute atomic E-state index is 0.322. The van der Waals surface area contributed by atoms with Gasteiger partial charge in [-0.3, -0.25) is 14.4 Å². The van der Waals surface area contributed by atoms with E-state index in [1.807, 2.05) is 32.0 Å². The highest BCUT2D eigenvalue weighted by Crippen LogP contribution is 2.17. The summed E-state index contributed by atoms with van der Waals surface area (Å²) < 4.78 is 10.5. The molecule has 2 N–H and O–H groups in total. The lowest BCUT2D eigenvalue weighted by Crippen LogP contribution is -2.36. The van der Waals surface area contributed by atoms with Crippen molar-refractivity contribution in [3.63, 3.8) is 0 Å². The summed E-state index contributed by atoms with van der Waals surface area (Å²) in [7, 11) is 0. The van der Waals surface area contributed by atoms with Gasteiger partial charge in [0.2, 0.25) is 0 Å². The van der Waals surface area contributed by atoms with Crippen LogP contribution in [-0.4, -0.2) is 37.0 Å². The van der Waals surface area contributed by atoms with Crippen LogP contribution in [0, 0.1) is 6.92 Å². The second-order valence-corrected chi connectivity index (χ2v) is 6.10. The SMILES string of the molecule is CCOc1ccccc1C(=O)NCC(=O)O[C@@H](C)C(=O)Nc1cccc(C)c1. The normalized spacial score (nSPS) is 11.2. The molecule has 0 saturated heterocycles. The Morgan fingerprint density at radius 1 is 1.07 bits per heavy atom. The van der Waals surface area contributed by atoms with Crippen LogP contribution in [0.1, 0.15) is 29.8 Å². The molecular formula is C21H24N2O5. The first-order valence-electron chi connectivity index (χ1n) is 8.97. The quantitative estimate of drug-likeness (QED) is 0.683. The van der Waals surface area contributed by atoms with Gasteiger partial charge in [-0.2, -0.15) is 0 Å². The maximum Gasteiger partial charge on any atom is 0.326 e. The molecule has 7 nitrogen and oxygen atoms in total. The fourth-order valence-electron chi connectivity index (χ4n) is 2.44. The summed E-state index contributed by atoms with van der Waals surface area (Å²) in [5.41, 5.74) is 1.94. The van der Waals surface area contributed by atoms with Crippen LogP contribution < -0.4 is 15.4 Å². The Morgan fingerprint density at radius 3 is 2.54 bits per heavy atom. The Hall–Kier alpha value is -3.35. The molecule has 0 saturated carbocycles. The number of hydrogen-bond donors (Lipinski definition) is 2. The van der Waals surface area contributed by atoms with Crippen LogP contribution in [0.3, 0.4) is 0 Å². The number of aryl methyl sites for hydroxylation is 1. The van der Waals surface area contributed by atoms with Crippen molar-refractivity contribution in [1.29, 1.82) is 0 Å². The predicted molar refractivity (Wildman–Crippen MR) is 105 cm³/mol. The molecule has 0 heterocycles. The molecule has 0 aromatic heterocycles. The Bertz CT molecular complexity index is 850. The van der Waals surface area contributed by atoms with Crippen LogP contribution in [0.2, 0.25) is 0 Å². The minimum Gasteiger partial charge on any atom is -0.493 e. The number of carbonyl (C=O) groups is 3. The second-order valence-electron chi connectivity index (χ2n) is 6.10. The largest absolute Gasteiger partial charge is 0.493 e. The summed E-state index contributed by atoms with van der Waals surface area (Å²) in [6.07, 6.45) is -0.999. The first kappa shape index (κ1) is 21.0. The number of esters is 1. The van der Waals surface area contributed by atoms with Gasteiger partial charge in [0.15, 0.2) is 6.10 Å². The molecule has 2 aromatic carbocycles. The second kappa shape index (κ2) is 10.1. The maximum atomic E-state index is 12.3. The molecular weight excluding hydrogens is 360 g/mol. The van der Waals surface area contributed by atoms with Gasteiger partial charge in [0.05, 0.1) is 12.2 Å². The summed E-state index contributed by atoms with van der Waals surface area (Å²) in [4.78, 5) is 36.4. The average Bonchev–Trinajstić information content (AvgIpc) is 2.66. The molecule has 0 aliphatic carbocycles. The first-order chi connectivity index (χ1) is 13.4. The van der Waals surface area contributed by atoms with Crippen molar-refractivity contribution in [3.05, 3.63) is 59.7 Å². The number of ether oxygens (including phenoxy) is 2. The molecule has 28 heavy (non-hydrogen) atoms. The fourth-order valence-corrected chi connectivity index (χ4v) is 2.44. The third-order valence-electron chi connectivity index (χ3n) is 3.79. The van der Waals surface area contributed by atoms with Crippen molar-refractivity contribution < 1.29 is 23.9 Å². The smallest absolute Gasteiger partial charge is 0.326 e. The lowest BCUT2D eigenvalue weighted by atomic mass is 10.2. The van der Waals surface area contributed by atoms with Crippen molar-refractivity contribution in [2.24, 2.45) is 0 Å². The molecule has 1 atom stereocenters. The van der Waals surface area contributed by atoms with E-state index < -0.39 is 23.9 Å². The number of nitrogens with one attached hydrogen (secondary N) is 2. The van der Waals surface area contributed by atoms with Gasteiger partial charge in [0.1, 0.15) is 12.3 Å². The highest BCUT2D eigenvalue weighted by molar-refractivity contribution is 5.99. The number of rotatable bonds is 8. The van der Waals surface area contributed by atoms with E-state index in [1.165, 1.54) is 6.92 Å². The molecule has 2 rings (SSSR count).